The molecule has 0 saturated carbocycles. The van der Waals surface area contributed by atoms with Crippen molar-refractivity contribution in [1.82, 2.24) is 0 Å². The molecule has 0 aromatic heterocycles. The van der Waals surface area contributed by atoms with E-state index in [1.54, 1.807) is 0 Å². The molecule has 0 aliphatic carbocycles. The van der Waals surface area contributed by atoms with Crippen molar-refractivity contribution < 1.29 is 4.79 Å². The predicted octanol–water partition coefficient (Wildman–Crippen LogP) is 5.71. The van der Waals surface area contributed by atoms with Gasteiger partial charge in [-0.3, -0.25) is 4.79 Å². The van der Waals surface area contributed by atoms with Gasteiger partial charge in [0.05, 0.1) is 22.2 Å². The molecule has 6 heteroatoms. The first kappa shape index (κ1) is 18.4. The van der Waals surface area contributed by atoms with Crippen LogP contribution < -0.4 is 10.2 Å². The Bertz CT molecular complexity index is 731. The molecule has 3 rings (SSSR count). The highest BCUT2D eigenvalue weighted by Crippen LogP contribution is 2.35. The molecule has 2 aromatic rings. The zero-order valence-electron chi connectivity index (χ0n) is 13.8. The standard InChI is InChI=1S/C19H20Cl2N2OS/c20-14-7-9-15(10-8-14)25-13-18(24)22-17-6-4-5-16(21)19(17)23-11-2-1-3-12-23/h4-10H,1-3,11-13H2,(H,22,24). The SMILES string of the molecule is O=C(CSc1ccc(Cl)cc1)Nc1cccc(Cl)c1N1CCCCC1. The van der Waals surface area contributed by atoms with Gasteiger partial charge in [0.15, 0.2) is 0 Å². The summed E-state index contributed by atoms with van der Waals surface area (Å²) < 4.78 is 0. The first-order chi connectivity index (χ1) is 12.1. The third-order valence-corrected chi connectivity index (χ3v) is 5.69. The summed E-state index contributed by atoms with van der Waals surface area (Å²) in [7, 11) is 0. The molecule has 0 atom stereocenters. The average Bonchev–Trinajstić information content (AvgIpc) is 2.62. The van der Waals surface area contributed by atoms with Crippen molar-refractivity contribution in [1.29, 1.82) is 0 Å². The van der Waals surface area contributed by atoms with Crippen molar-refractivity contribution in [3.05, 3.63) is 52.5 Å². The van der Waals surface area contributed by atoms with E-state index in [1.807, 2.05) is 42.5 Å². The normalized spacial score (nSPS) is 14.4. The number of carbonyl (C=O) groups is 1. The van der Waals surface area contributed by atoms with Crippen LogP contribution in [0.25, 0.3) is 0 Å². The van der Waals surface area contributed by atoms with E-state index in [0.29, 0.717) is 15.8 Å². The number of nitrogens with one attached hydrogen (secondary N) is 1. The first-order valence-electron chi connectivity index (χ1n) is 8.35. The molecule has 25 heavy (non-hydrogen) atoms. The lowest BCUT2D eigenvalue weighted by Crippen LogP contribution is -2.30. The van der Waals surface area contributed by atoms with E-state index in [2.05, 4.69) is 10.2 Å². The number of thioether (sulfide) groups is 1. The maximum absolute atomic E-state index is 12.4. The molecule has 0 spiro atoms. The van der Waals surface area contributed by atoms with Gasteiger partial charge >= 0.3 is 0 Å². The van der Waals surface area contributed by atoms with E-state index in [1.165, 1.54) is 18.2 Å². The summed E-state index contributed by atoms with van der Waals surface area (Å²) in [5.74, 6) is 0.300. The van der Waals surface area contributed by atoms with Crippen LogP contribution in [0.1, 0.15) is 19.3 Å². The Morgan fingerprint density at radius 1 is 1.04 bits per heavy atom. The summed E-state index contributed by atoms with van der Waals surface area (Å²) in [6.07, 6.45) is 3.57. The van der Waals surface area contributed by atoms with E-state index in [4.69, 9.17) is 23.2 Å². The second-order valence-corrected chi connectivity index (χ2v) is 7.87. The molecule has 1 fully saturated rings. The minimum atomic E-state index is -0.0412. The highest BCUT2D eigenvalue weighted by molar-refractivity contribution is 8.00. The number of para-hydroxylation sites is 1. The van der Waals surface area contributed by atoms with Gasteiger partial charge in [-0.1, -0.05) is 29.3 Å². The van der Waals surface area contributed by atoms with Crippen LogP contribution in [0.3, 0.4) is 0 Å². The third-order valence-electron chi connectivity index (χ3n) is 4.12. The fraction of sp³-hybridized carbons (Fsp3) is 0.316. The number of halogens is 2. The Morgan fingerprint density at radius 2 is 1.76 bits per heavy atom. The van der Waals surface area contributed by atoms with Crippen LogP contribution in [-0.4, -0.2) is 24.7 Å². The van der Waals surface area contributed by atoms with Gasteiger partial charge in [0.2, 0.25) is 5.91 Å². The number of rotatable bonds is 5. The molecule has 1 N–H and O–H groups in total. The van der Waals surface area contributed by atoms with Crippen LogP contribution in [0.15, 0.2) is 47.4 Å². The van der Waals surface area contributed by atoms with Gasteiger partial charge in [0, 0.05) is 23.0 Å². The van der Waals surface area contributed by atoms with Gasteiger partial charge in [0.25, 0.3) is 0 Å². The van der Waals surface area contributed by atoms with Crippen LogP contribution in [0, 0.1) is 0 Å². The third kappa shape index (κ3) is 5.06. The Labute approximate surface area is 162 Å². The number of hydrogen-bond acceptors (Lipinski definition) is 3. The van der Waals surface area contributed by atoms with E-state index < -0.39 is 0 Å². The Morgan fingerprint density at radius 3 is 2.48 bits per heavy atom. The van der Waals surface area contributed by atoms with E-state index in [0.717, 1.165) is 42.2 Å². The van der Waals surface area contributed by atoms with Crippen LogP contribution in [0.4, 0.5) is 11.4 Å². The molecule has 1 heterocycles. The number of hydrogen-bond donors (Lipinski definition) is 1. The Hall–Kier alpha value is -1.36. The monoisotopic (exact) mass is 394 g/mol. The molecule has 2 aromatic carbocycles. The molecule has 3 nitrogen and oxygen atoms in total. The Kier molecular flexibility index (Phi) is 6.51. The first-order valence-corrected chi connectivity index (χ1v) is 10.1. The molecule has 1 amide bonds. The Balaban J connectivity index is 1.66. The summed E-state index contributed by atoms with van der Waals surface area (Å²) in [6, 6.07) is 13.2. The summed E-state index contributed by atoms with van der Waals surface area (Å²) in [6.45, 7) is 1.96. The van der Waals surface area contributed by atoms with Crippen LogP contribution in [0.5, 0.6) is 0 Å². The fourth-order valence-corrected chi connectivity index (χ4v) is 4.04. The zero-order valence-corrected chi connectivity index (χ0v) is 16.1. The van der Waals surface area contributed by atoms with Gasteiger partial charge < -0.3 is 10.2 Å². The number of anilines is 2. The average molecular weight is 395 g/mol. The molecule has 1 aliphatic heterocycles. The van der Waals surface area contributed by atoms with Crippen molar-refractivity contribution in [2.75, 3.05) is 29.1 Å². The summed E-state index contributed by atoms with van der Waals surface area (Å²) >= 11 is 13.8. The van der Waals surface area contributed by atoms with E-state index >= 15 is 0 Å². The molecule has 0 unspecified atom stereocenters. The summed E-state index contributed by atoms with van der Waals surface area (Å²) in [5, 5.41) is 4.40. The number of carbonyl (C=O) groups excluding carboxylic acids is 1. The molecule has 1 aliphatic rings. The molecular weight excluding hydrogens is 375 g/mol. The van der Waals surface area contributed by atoms with Crippen LogP contribution in [-0.2, 0) is 4.79 Å². The van der Waals surface area contributed by atoms with Crippen molar-refractivity contribution in [3.63, 3.8) is 0 Å². The maximum atomic E-state index is 12.4. The van der Waals surface area contributed by atoms with Crippen LogP contribution >= 0.6 is 35.0 Å². The molecule has 0 bridgehead atoms. The lowest BCUT2D eigenvalue weighted by Gasteiger charge is -2.31. The molecular formula is C19H20Cl2N2OS. The van der Waals surface area contributed by atoms with Gasteiger partial charge in [-0.15, -0.1) is 11.8 Å². The van der Waals surface area contributed by atoms with Gasteiger partial charge in [-0.05, 0) is 55.7 Å². The second kappa shape index (κ2) is 8.84. The zero-order chi connectivity index (χ0) is 17.6. The fourth-order valence-electron chi connectivity index (χ4n) is 2.92. The molecule has 132 valence electrons. The number of benzene rings is 2. The van der Waals surface area contributed by atoms with E-state index in [9.17, 15) is 4.79 Å². The number of amides is 1. The summed E-state index contributed by atoms with van der Waals surface area (Å²) in [4.78, 5) is 15.7. The lowest BCUT2D eigenvalue weighted by molar-refractivity contribution is -0.113. The molecule has 0 radical (unpaired) electrons. The highest BCUT2D eigenvalue weighted by Gasteiger charge is 2.18. The second-order valence-electron chi connectivity index (χ2n) is 5.97. The summed E-state index contributed by atoms with van der Waals surface area (Å²) in [5.41, 5.74) is 1.73. The van der Waals surface area contributed by atoms with E-state index in [-0.39, 0.29) is 5.91 Å². The highest BCUT2D eigenvalue weighted by atomic mass is 35.5. The quantitative estimate of drug-likeness (QED) is 0.658. The van der Waals surface area contributed by atoms with Gasteiger partial charge in [-0.25, -0.2) is 0 Å². The maximum Gasteiger partial charge on any atom is 0.234 e. The topological polar surface area (TPSA) is 32.3 Å². The smallest absolute Gasteiger partial charge is 0.234 e. The van der Waals surface area contributed by atoms with Crippen LogP contribution in [0.2, 0.25) is 10.0 Å². The minimum Gasteiger partial charge on any atom is -0.369 e. The largest absolute Gasteiger partial charge is 0.369 e. The van der Waals surface area contributed by atoms with Gasteiger partial charge in [-0.2, -0.15) is 0 Å². The van der Waals surface area contributed by atoms with Crippen molar-refractivity contribution in [3.8, 4) is 0 Å². The van der Waals surface area contributed by atoms with Crippen molar-refractivity contribution >= 4 is 52.2 Å². The predicted molar refractivity (Wildman–Crippen MR) is 108 cm³/mol. The molecule has 1 saturated heterocycles. The lowest BCUT2D eigenvalue weighted by atomic mass is 10.1. The van der Waals surface area contributed by atoms with Crippen molar-refractivity contribution in [2.45, 2.75) is 24.2 Å². The van der Waals surface area contributed by atoms with Gasteiger partial charge in [0.1, 0.15) is 0 Å². The number of piperidine rings is 1. The minimum absolute atomic E-state index is 0.0412. The number of nitrogens with zero attached hydrogens (tertiary/aromatic N) is 1. The van der Waals surface area contributed by atoms with Crippen molar-refractivity contribution in [2.24, 2.45) is 0 Å².